The summed E-state index contributed by atoms with van der Waals surface area (Å²) < 4.78 is 0. The molecule has 106 valence electrons. The van der Waals surface area contributed by atoms with Gasteiger partial charge in [0.2, 0.25) is 0 Å². The third kappa shape index (κ3) is 2.10. The first-order chi connectivity index (χ1) is 10.7. The zero-order valence-electron chi connectivity index (χ0n) is 12.4. The predicted octanol–water partition coefficient (Wildman–Crippen LogP) is 6.26. The molecule has 1 heteroatoms. The molecule has 0 bridgehead atoms. The van der Waals surface area contributed by atoms with Crippen molar-refractivity contribution in [1.29, 1.82) is 0 Å². The van der Waals surface area contributed by atoms with Crippen LogP contribution in [0.5, 0.6) is 0 Å². The summed E-state index contributed by atoms with van der Waals surface area (Å²) in [4.78, 5) is 1.02. The molecule has 4 rings (SSSR count). The van der Waals surface area contributed by atoms with E-state index in [1.807, 2.05) is 6.07 Å². The van der Waals surface area contributed by atoms with Crippen LogP contribution in [0.1, 0.15) is 5.56 Å². The fourth-order valence-corrected chi connectivity index (χ4v) is 3.49. The maximum atomic E-state index is 4.70. The molecule has 0 N–H and O–H groups in total. The Morgan fingerprint density at radius 1 is 0.682 bits per heavy atom. The lowest BCUT2D eigenvalue weighted by atomic mass is 9.94. The second kappa shape index (κ2) is 5.19. The van der Waals surface area contributed by atoms with E-state index in [1.54, 1.807) is 0 Å². The van der Waals surface area contributed by atoms with E-state index in [9.17, 15) is 0 Å². The number of thiol groups is 1. The molecule has 0 heterocycles. The van der Waals surface area contributed by atoms with Crippen molar-refractivity contribution in [3.63, 3.8) is 0 Å². The van der Waals surface area contributed by atoms with E-state index in [2.05, 4.69) is 73.7 Å². The van der Waals surface area contributed by atoms with E-state index < -0.39 is 0 Å². The molecule has 0 spiro atoms. The molecule has 22 heavy (non-hydrogen) atoms. The monoisotopic (exact) mass is 300 g/mol. The first-order valence-electron chi connectivity index (χ1n) is 7.44. The highest BCUT2D eigenvalue weighted by Gasteiger charge is 2.10. The van der Waals surface area contributed by atoms with Crippen molar-refractivity contribution in [2.45, 2.75) is 11.8 Å². The molecule has 0 atom stereocenters. The summed E-state index contributed by atoms with van der Waals surface area (Å²) in [7, 11) is 0. The fourth-order valence-electron chi connectivity index (χ4n) is 3.16. The summed E-state index contributed by atoms with van der Waals surface area (Å²) in [6.45, 7) is 2.13. The second-order valence-corrected chi connectivity index (χ2v) is 6.19. The van der Waals surface area contributed by atoms with Gasteiger partial charge in [0.15, 0.2) is 0 Å². The summed E-state index contributed by atoms with van der Waals surface area (Å²) in [5.74, 6) is 0. The van der Waals surface area contributed by atoms with E-state index in [0.717, 1.165) is 4.90 Å². The van der Waals surface area contributed by atoms with Gasteiger partial charge in [-0.3, -0.25) is 0 Å². The normalized spacial score (nSPS) is 11.2. The quantitative estimate of drug-likeness (QED) is 0.311. The topological polar surface area (TPSA) is 0 Å². The second-order valence-electron chi connectivity index (χ2n) is 5.71. The Kier molecular flexibility index (Phi) is 3.16. The van der Waals surface area contributed by atoms with Crippen molar-refractivity contribution in [3.8, 4) is 11.1 Å². The smallest absolute Gasteiger partial charge is 0.0125 e. The number of rotatable bonds is 1. The van der Waals surface area contributed by atoms with Crippen LogP contribution in [0.3, 0.4) is 0 Å². The lowest BCUT2D eigenvalue weighted by Gasteiger charge is -2.12. The summed E-state index contributed by atoms with van der Waals surface area (Å²) >= 11 is 4.70. The molecule has 4 aromatic carbocycles. The Morgan fingerprint density at radius 3 is 2.23 bits per heavy atom. The molecule has 0 unspecified atom stereocenters. The van der Waals surface area contributed by atoms with Crippen molar-refractivity contribution in [2.24, 2.45) is 0 Å². The lowest BCUT2D eigenvalue weighted by Crippen LogP contribution is -1.86. The molecular formula is C21H16S. The summed E-state index contributed by atoms with van der Waals surface area (Å²) in [6.07, 6.45) is 0. The number of benzene rings is 4. The van der Waals surface area contributed by atoms with Gasteiger partial charge in [0.25, 0.3) is 0 Å². The molecule has 0 fully saturated rings. The standard InChI is InChI=1S/C21H16S/c1-14-7-9-17-16(13-14)8-10-19-18(17)11-12-20(22)21(19)15-5-3-2-4-6-15/h2-13,22H,1H3. The Morgan fingerprint density at radius 2 is 1.41 bits per heavy atom. The van der Waals surface area contributed by atoms with Gasteiger partial charge in [-0.2, -0.15) is 0 Å². The molecule has 0 aliphatic rings. The van der Waals surface area contributed by atoms with Crippen molar-refractivity contribution >= 4 is 34.2 Å². The Hall–Kier alpha value is -2.25. The minimum atomic E-state index is 1.02. The van der Waals surface area contributed by atoms with Gasteiger partial charge in [-0.1, -0.05) is 72.3 Å². The number of hydrogen-bond acceptors (Lipinski definition) is 1. The molecule has 0 aliphatic heterocycles. The van der Waals surface area contributed by atoms with Crippen molar-refractivity contribution in [1.82, 2.24) is 0 Å². The fraction of sp³-hybridized carbons (Fsp3) is 0.0476. The molecule has 0 saturated carbocycles. The van der Waals surface area contributed by atoms with Crippen LogP contribution in [0, 0.1) is 6.92 Å². The first-order valence-corrected chi connectivity index (χ1v) is 7.89. The van der Waals surface area contributed by atoms with Crippen LogP contribution in [-0.4, -0.2) is 0 Å². The van der Waals surface area contributed by atoms with Crippen LogP contribution in [-0.2, 0) is 0 Å². The lowest BCUT2D eigenvalue weighted by molar-refractivity contribution is 1.49. The van der Waals surface area contributed by atoms with Crippen LogP contribution in [0.2, 0.25) is 0 Å². The maximum absolute atomic E-state index is 4.70. The molecule has 0 nitrogen and oxygen atoms in total. The van der Waals surface area contributed by atoms with E-state index in [4.69, 9.17) is 12.6 Å². The van der Waals surface area contributed by atoms with Crippen molar-refractivity contribution in [2.75, 3.05) is 0 Å². The number of aryl methyl sites for hydroxylation is 1. The molecule has 0 aliphatic carbocycles. The Bertz CT molecular complexity index is 985. The SMILES string of the molecule is Cc1ccc2c(ccc3c(-c4ccccc4)c(S)ccc32)c1. The summed E-state index contributed by atoms with van der Waals surface area (Å²) in [5.41, 5.74) is 3.72. The van der Waals surface area contributed by atoms with Gasteiger partial charge in [-0.25, -0.2) is 0 Å². The maximum Gasteiger partial charge on any atom is 0.0125 e. The Balaban J connectivity index is 2.13. The van der Waals surface area contributed by atoms with Gasteiger partial charge in [0.05, 0.1) is 0 Å². The van der Waals surface area contributed by atoms with Gasteiger partial charge in [0.1, 0.15) is 0 Å². The van der Waals surface area contributed by atoms with E-state index in [1.165, 1.54) is 38.2 Å². The minimum absolute atomic E-state index is 1.02. The molecule has 0 aromatic heterocycles. The van der Waals surface area contributed by atoms with Crippen molar-refractivity contribution in [3.05, 3.63) is 78.4 Å². The first kappa shape index (κ1) is 13.4. The van der Waals surface area contributed by atoms with Gasteiger partial charge < -0.3 is 0 Å². The van der Waals surface area contributed by atoms with Crippen LogP contribution in [0.25, 0.3) is 32.7 Å². The summed E-state index contributed by atoms with van der Waals surface area (Å²) in [5, 5.41) is 5.14. The van der Waals surface area contributed by atoms with Crippen LogP contribution < -0.4 is 0 Å². The van der Waals surface area contributed by atoms with Gasteiger partial charge in [-0.05, 0) is 40.1 Å². The third-order valence-electron chi connectivity index (χ3n) is 4.21. The average molecular weight is 300 g/mol. The molecule has 0 radical (unpaired) electrons. The zero-order valence-corrected chi connectivity index (χ0v) is 13.3. The molecular weight excluding hydrogens is 284 g/mol. The van der Waals surface area contributed by atoms with Gasteiger partial charge in [-0.15, -0.1) is 12.6 Å². The van der Waals surface area contributed by atoms with Crippen LogP contribution in [0.4, 0.5) is 0 Å². The van der Waals surface area contributed by atoms with Crippen molar-refractivity contribution < 1.29 is 0 Å². The predicted molar refractivity (Wildman–Crippen MR) is 98.9 cm³/mol. The summed E-state index contributed by atoms with van der Waals surface area (Å²) in [6, 6.07) is 25.9. The highest BCUT2D eigenvalue weighted by Crippen LogP contribution is 2.37. The minimum Gasteiger partial charge on any atom is -0.143 e. The molecule has 4 aromatic rings. The van der Waals surface area contributed by atoms with Crippen LogP contribution >= 0.6 is 12.6 Å². The largest absolute Gasteiger partial charge is 0.143 e. The molecule has 0 amide bonds. The molecule has 0 saturated heterocycles. The Labute approximate surface area is 135 Å². The highest BCUT2D eigenvalue weighted by molar-refractivity contribution is 7.80. The zero-order chi connectivity index (χ0) is 15.1. The highest BCUT2D eigenvalue weighted by atomic mass is 32.1. The van der Waals surface area contributed by atoms with E-state index in [-0.39, 0.29) is 0 Å². The van der Waals surface area contributed by atoms with E-state index >= 15 is 0 Å². The van der Waals surface area contributed by atoms with Gasteiger partial charge in [0, 0.05) is 10.5 Å². The third-order valence-corrected chi connectivity index (χ3v) is 4.59. The average Bonchev–Trinajstić information content (AvgIpc) is 2.55. The van der Waals surface area contributed by atoms with Crippen LogP contribution in [0.15, 0.2) is 77.7 Å². The van der Waals surface area contributed by atoms with E-state index in [0.29, 0.717) is 0 Å². The van der Waals surface area contributed by atoms with Gasteiger partial charge >= 0.3 is 0 Å². The number of fused-ring (bicyclic) bond motifs is 3. The number of hydrogen-bond donors (Lipinski definition) is 1.